The molecule has 5 N–H and O–H groups in total. The van der Waals surface area contributed by atoms with Crippen LogP contribution in [0.4, 0.5) is 11.4 Å². The van der Waals surface area contributed by atoms with Gasteiger partial charge in [-0.2, -0.15) is 4.37 Å². The molecular formula is C27H31N5O7S. The van der Waals surface area contributed by atoms with Gasteiger partial charge in [0.1, 0.15) is 17.5 Å². The Morgan fingerprint density at radius 3 is 2.35 bits per heavy atom. The Balaban J connectivity index is 2.26. The van der Waals surface area contributed by atoms with Gasteiger partial charge in [-0.3, -0.25) is 24.1 Å². The van der Waals surface area contributed by atoms with Crippen molar-refractivity contribution in [3.8, 4) is 11.5 Å². The molecule has 0 aliphatic carbocycles. The lowest BCUT2D eigenvalue weighted by Crippen LogP contribution is -2.45. The number of methoxy groups -OCH3 is 2. The van der Waals surface area contributed by atoms with Gasteiger partial charge in [0.05, 0.1) is 26.5 Å². The van der Waals surface area contributed by atoms with Gasteiger partial charge in [0.2, 0.25) is 5.91 Å². The van der Waals surface area contributed by atoms with E-state index in [0.29, 0.717) is 40.7 Å². The highest BCUT2D eigenvalue weighted by Crippen LogP contribution is 2.38. The van der Waals surface area contributed by atoms with E-state index >= 15 is 0 Å². The van der Waals surface area contributed by atoms with E-state index in [1.54, 1.807) is 37.3 Å². The third kappa shape index (κ3) is 6.31. The molecule has 3 aromatic rings. The van der Waals surface area contributed by atoms with Crippen LogP contribution in [-0.4, -0.2) is 55.4 Å². The number of benzene rings is 2. The highest BCUT2D eigenvalue weighted by molar-refractivity contribution is 7.09. The van der Waals surface area contributed by atoms with E-state index in [1.165, 1.54) is 19.1 Å². The molecule has 212 valence electrons. The smallest absolute Gasteiger partial charge is 0.325 e. The number of nitrogens with zero attached hydrogens (tertiary/aromatic N) is 2. The van der Waals surface area contributed by atoms with E-state index < -0.39 is 36.3 Å². The number of carbonyl (C=O) groups is 4. The Labute approximate surface area is 235 Å². The second-order valence-corrected chi connectivity index (χ2v) is 9.11. The first-order valence-electron chi connectivity index (χ1n) is 12.3. The van der Waals surface area contributed by atoms with Crippen molar-refractivity contribution in [3.05, 3.63) is 64.2 Å². The average molecular weight is 570 g/mol. The van der Waals surface area contributed by atoms with Gasteiger partial charge in [-0.05, 0) is 54.2 Å². The van der Waals surface area contributed by atoms with Crippen LogP contribution < -0.4 is 31.2 Å². The van der Waals surface area contributed by atoms with Crippen molar-refractivity contribution in [2.75, 3.05) is 38.0 Å². The minimum Gasteiger partial charge on any atom is -0.493 e. The van der Waals surface area contributed by atoms with Gasteiger partial charge < -0.3 is 31.0 Å². The van der Waals surface area contributed by atoms with Crippen LogP contribution in [0.1, 0.15) is 51.2 Å². The number of esters is 1. The highest BCUT2D eigenvalue weighted by Gasteiger charge is 2.37. The Morgan fingerprint density at radius 1 is 1.05 bits per heavy atom. The van der Waals surface area contributed by atoms with Gasteiger partial charge in [0.15, 0.2) is 17.2 Å². The van der Waals surface area contributed by atoms with Gasteiger partial charge in [-0.15, -0.1) is 0 Å². The molecule has 0 fully saturated rings. The van der Waals surface area contributed by atoms with Crippen LogP contribution in [0.5, 0.6) is 11.5 Å². The fourth-order valence-electron chi connectivity index (χ4n) is 4.06. The van der Waals surface area contributed by atoms with E-state index in [4.69, 9.17) is 25.7 Å². The lowest BCUT2D eigenvalue weighted by molar-refractivity contribution is -0.143. The van der Waals surface area contributed by atoms with Crippen LogP contribution in [0.15, 0.2) is 42.5 Å². The monoisotopic (exact) mass is 569 g/mol. The number of aryl methyl sites for hydroxylation is 1. The number of hydrogen-bond donors (Lipinski definition) is 3. The summed E-state index contributed by atoms with van der Waals surface area (Å²) < 4.78 is 19.7. The third-order valence-electron chi connectivity index (χ3n) is 5.95. The predicted molar refractivity (Wildman–Crippen MR) is 150 cm³/mol. The van der Waals surface area contributed by atoms with Crippen molar-refractivity contribution >= 4 is 46.6 Å². The zero-order valence-corrected chi connectivity index (χ0v) is 23.4. The van der Waals surface area contributed by atoms with Gasteiger partial charge in [-0.25, -0.2) is 0 Å². The number of amides is 3. The van der Waals surface area contributed by atoms with Gasteiger partial charge in [0, 0.05) is 5.69 Å². The van der Waals surface area contributed by atoms with Gasteiger partial charge in [0.25, 0.3) is 11.8 Å². The van der Waals surface area contributed by atoms with E-state index in [9.17, 15) is 19.2 Å². The van der Waals surface area contributed by atoms with E-state index in [-0.39, 0.29) is 22.9 Å². The first-order chi connectivity index (χ1) is 19.2. The van der Waals surface area contributed by atoms with Crippen molar-refractivity contribution in [2.45, 2.75) is 26.3 Å². The highest BCUT2D eigenvalue weighted by atomic mass is 32.1. The molecule has 0 saturated carbocycles. The Morgan fingerprint density at radius 2 is 1.75 bits per heavy atom. The molecule has 1 aromatic heterocycles. The number of nitrogen functional groups attached to an aromatic ring is 1. The van der Waals surface area contributed by atoms with E-state index in [1.807, 2.05) is 19.1 Å². The van der Waals surface area contributed by atoms with Crippen molar-refractivity contribution < 1.29 is 33.4 Å². The number of anilines is 2. The number of para-hydroxylation sites is 1. The zero-order chi connectivity index (χ0) is 29.4. The molecule has 0 bridgehead atoms. The molecule has 0 saturated heterocycles. The minimum atomic E-state index is -1.33. The number of rotatable bonds is 12. The topological polar surface area (TPSA) is 176 Å². The van der Waals surface area contributed by atoms with Crippen LogP contribution in [-0.2, 0) is 20.7 Å². The summed E-state index contributed by atoms with van der Waals surface area (Å²) in [5.74, 6) is -2.20. The maximum Gasteiger partial charge on any atom is 0.325 e. The maximum absolute atomic E-state index is 14.2. The SMILES string of the molecule is CCOC(=O)CNC(=O)C(c1ccc(OC)c(OC)c1)N(C(=O)c1snc(C(N)=O)c1N)c1ccccc1CC. The Hall–Kier alpha value is -4.65. The summed E-state index contributed by atoms with van der Waals surface area (Å²) >= 11 is 0.694. The summed E-state index contributed by atoms with van der Waals surface area (Å²) in [7, 11) is 2.91. The largest absolute Gasteiger partial charge is 0.493 e. The molecule has 0 aliphatic heterocycles. The van der Waals surface area contributed by atoms with Crippen molar-refractivity contribution in [1.29, 1.82) is 0 Å². The van der Waals surface area contributed by atoms with Gasteiger partial charge >= 0.3 is 5.97 Å². The number of nitrogens with two attached hydrogens (primary N) is 2. The average Bonchev–Trinajstić information content (AvgIpc) is 3.35. The van der Waals surface area contributed by atoms with Crippen molar-refractivity contribution in [1.82, 2.24) is 9.69 Å². The summed E-state index contributed by atoms with van der Waals surface area (Å²) in [6.07, 6.45) is 0.522. The minimum absolute atomic E-state index is 0.0802. The molecule has 0 spiro atoms. The van der Waals surface area contributed by atoms with Crippen molar-refractivity contribution in [3.63, 3.8) is 0 Å². The standard InChI is InChI=1S/C27H31N5O7S/c1-5-15-9-7-8-10-17(15)32(27(36)24-21(28)22(25(29)34)31-40-24)23(26(35)30-14-20(33)39-6-2)16-11-12-18(37-3)19(13-16)38-4/h7-13,23H,5-6,14,28H2,1-4H3,(H2,29,34)(H,30,35). The molecule has 2 aromatic carbocycles. The maximum atomic E-state index is 14.2. The summed E-state index contributed by atoms with van der Waals surface area (Å²) in [5, 5.41) is 2.57. The molecule has 1 heterocycles. The summed E-state index contributed by atoms with van der Waals surface area (Å²) in [6.45, 7) is 3.26. The summed E-state index contributed by atoms with van der Waals surface area (Å²) in [4.78, 5) is 53.2. The lowest BCUT2D eigenvalue weighted by Gasteiger charge is -2.32. The molecular weight excluding hydrogens is 538 g/mol. The molecule has 13 heteroatoms. The first kappa shape index (κ1) is 29.9. The number of aromatic nitrogens is 1. The van der Waals surface area contributed by atoms with Crippen LogP contribution in [0.3, 0.4) is 0 Å². The first-order valence-corrected chi connectivity index (χ1v) is 13.1. The van der Waals surface area contributed by atoms with Crippen molar-refractivity contribution in [2.24, 2.45) is 5.73 Å². The van der Waals surface area contributed by atoms with Crippen LogP contribution in [0.25, 0.3) is 0 Å². The Bertz CT molecular complexity index is 1410. The summed E-state index contributed by atoms with van der Waals surface area (Å²) in [6, 6.07) is 10.5. The molecule has 3 amide bonds. The van der Waals surface area contributed by atoms with Crippen LogP contribution in [0.2, 0.25) is 0 Å². The second kappa shape index (κ2) is 13.4. The number of primary amides is 1. The number of ether oxygens (including phenoxy) is 3. The van der Waals surface area contributed by atoms with Gasteiger partial charge in [-0.1, -0.05) is 31.2 Å². The molecule has 3 rings (SSSR count). The molecule has 0 aliphatic rings. The summed E-state index contributed by atoms with van der Waals surface area (Å²) in [5.41, 5.74) is 12.6. The zero-order valence-electron chi connectivity index (χ0n) is 22.6. The predicted octanol–water partition coefficient (Wildman–Crippen LogP) is 2.47. The molecule has 40 heavy (non-hydrogen) atoms. The van der Waals surface area contributed by atoms with E-state index in [0.717, 1.165) is 5.56 Å². The quantitative estimate of drug-likeness (QED) is 0.277. The molecule has 1 atom stereocenters. The number of hydrogen-bond acceptors (Lipinski definition) is 10. The van der Waals surface area contributed by atoms with Crippen LogP contribution >= 0.6 is 11.5 Å². The molecule has 0 radical (unpaired) electrons. The normalized spacial score (nSPS) is 11.3. The van der Waals surface area contributed by atoms with E-state index in [2.05, 4.69) is 9.69 Å². The van der Waals surface area contributed by atoms with Crippen LogP contribution in [0, 0.1) is 0 Å². The number of nitrogens with one attached hydrogen (secondary N) is 1. The lowest BCUT2D eigenvalue weighted by atomic mass is 9.99. The second-order valence-electron chi connectivity index (χ2n) is 8.34. The third-order valence-corrected chi connectivity index (χ3v) is 6.80. The number of carbonyl (C=O) groups excluding carboxylic acids is 4. The fourth-order valence-corrected chi connectivity index (χ4v) is 4.80. The fraction of sp³-hybridized carbons (Fsp3) is 0.296. The molecule has 1 unspecified atom stereocenters. The Kier molecular flexibility index (Phi) is 10.0. The molecule has 12 nitrogen and oxygen atoms in total.